The average Bonchev–Trinajstić information content (AvgIpc) is 3.51. The highest BCUT2D eigenvalue weighted by molar-refractivity contribution is 4.83. The van der Waals surface area contributed by atoms with Gasteiger partial charge >= 0.3 is 0 Å². The van der Waals surface area contributed by atoms with Gasteiger partial charge in [-0.05, 0) is 44.4 Å². The molecule has 5 atom stereocenters. The van der Waals surface area contributed by atoms with Crippen LogP contribution in [0.1, 0.15) is 39.0 Å². The van der Waals surface area contributed by atoms with Crippen LogP contribution in [0.15, 0.2) is 0 Å². The van der Waals surface area contributed by atoms with Gasteiger partial charge in [0.15, 0.2) is 0 Å². The van der Waals surface area contributed by atoms with Crippen LogP contribution in [0.4, 0.5) is 0 Å². The molecule has 0 bridgehead atoms. The normalized spacial score (nSPS) is 31.4. The van der Waals surface area contributed by atoms with Gasteiger partial charge in [-0.3, -0.25) is 4.90 Å². The summed E-state index contributed by atoms with van der Waals surface area (Å²) in [5.41, 5.74) is 0. The lowest BCUT2D eigenvalue weighted by molar-refractivity contribution is 0.0900. The van der Waals surface area contributed by atoms with Gasteiger partial charge in [0.2, 0.25) is 0 Å². The number of aliphatic hydroxyl groups excluding tert-OH is 1. The van der Waals surface area contributed by atoms with E-state index < -0.39 is 0 Å². The smallest absolute Gasteiger partial charge is 0.0936 e. The zero-order valence-corrected chi connectivity index (χ0v) is 17.4. The zero-order valence-electron chi connectivity index (χ0n) is 17.4. The SMILES string of the molecule is COCCCN(CC1CCCC(CN(CC(C)O)CC2CO2)C1)CC1CO1. The van der Waals surface area contributed by atoms with Crippen molar-refractivity contribution in [3.8, 4) is 0 Å². The summed E-state index contributed by atoms with van der Waals surface area (Å²) in [4.78, 5) is 5.04. The fraction of sp³-hybridized carbons (Fsp3) is 1.00. The summed E-state index contributed by atoms with van der Waals surface area (Å²) < 4.78 is 16.1. The molecule has 3 fully saturated rings. The second-order valence-corrected chi connectivity index (χ2v) is 8.98. The van der Waals surface area contributed by atoms with Crippen molar-refractivity contribution in [3.63, 3.8) is 0 Å². The summed E-state index contributed by atoms with van der Waals surface area (Å²) in [6, 6.07) is 0. The third kappa shape index (κ3) is 8.75. The van der Waals surface area contributed by atoms with Gasteiger partial charge in [-0.2, -0.15) is 0 Å². The second-order valence-electron chi connectivity index (χ2n) is 8.98. The maximum absolute atomic E-state index is 9.84. The Bertz CT molecular complexity index is 411. The predicted molar refractivity (Wildman–Crippen MR) is 106 cm³/mol. The van der Waals surface area contributed by atoms with E-state index in [0.717, 1.165) is 70.8 Å². The van der Waals surface area contributed by atoms with E-state index in [1.165, 1.54) is 32.2 Å². The predicted octanol–water partition coefficient (Wildman–Crippen LogP) is 1.61. The minimum absolute atomic E-state index is 0.266. The van der Waals surface area contributed by atoms with Crippen LogP contribution in [0, 0.1) is 11.8 Å². The van der Waals surface area contributed by atoms with Gasteiger partial charge in [0.25, 0.3) is 0 Å². The molecule has 1 aliphatic carbocycles. The summed E-state index contributed by atoms with van der Waals surface area (Å²) in [5.74, 6) is 1.54. The molecule has 158 valence electrons. The van der Waals surface area contributed by atoms with Gasteiger partial charge in [0.05, 0.1) is 31.5 Å². The lowest BCUT2D eigenvalue weighted by Gasteiger charge is -2.36. The van der Waals surface area contributed by atoms with Gasteiger partial charge in [0.1, 0.15) is 0 Å². The molecule has 3 rings (SSSR count). The summed E-state index contributed by atoms with van der Waals surface area (Å²) in [6.07, 6.45) is 7.03. The van der Waals surface area contributed by atoms with Crippen molar-refractivity contribution in [2.75, 3.05) is 66.2 Å². The molecule has 2 saturated heterocycles. The Labute approximate surface area is 165 Å². The molecule has 2 heterocycles. The maximum Gasteiger partial charge on any atom is 0.0936 e. The first-order valence-electron chi connectivity index (χ1n) is 11.0. The topological polar surface area (TPSA) is 61.0 Å². The van der Waals surface area contributed by atoms with Gasteiger partial charge in [0, 0.05) is 53.0 Å². The lowest BCUT2D eigenvalue weighted by Crippen LogP contribution is -2.40. The highest BCUT2D eigenvalue weighted by atomic mass is 16.6. The molecule has 1 N–H and O–H groups in total. The van der Waals surface area contributed by atoms with Crippen LogP contribution in [0.2, 0.25) is 0 Å². The van der Waals surface area contributed by atoms with Gasteiger partial charge in [-0.1, -0.05) is 6.42 Å². The molecule has 0 amide bonds. The monoisotopic (exact) mass is 384 g/mol. The molecule has 0 aromatic carbocycles. The molecule has 5 unspecified atom stereocenters. The molecule has 3 aliphatic rings. The largest absolute Gasteiger partial charge is 0.392 e. The molecular weight excluding hydrogens is 344 g/mol. The van der Waals surface area contributed by atoms with Crippen LogP contribution < -0.4 is 0 Å². The number of nitrogens with zero attached hydrogens (tertiary/aromatic N) is 2. The standard InChI is InChI=1S/C21H40N2O4/c1-17(24)10-23(14-21-16-27-21)12-19-6-3-5-18(9-19)11-22(7-4-8-25-2)13-20-15-26-20/h17-21,24H,3-16H2,1-2H3. The number of rotatable bonds is 14. The number of methoxy groups -OCH3 is 1. The quantitative estimate of drug-likeness (QED) is 0.363. The third-order valence-corrected chi connectivity index (χ3v) is 6.00. The molecule has 1 saturated carbocycles. The van der Waals surface area contributed by atoms with E-state index in [1.807, 2.05) is 6.92 Å². The molecule has 6 nitrogen and oxygen atoms in total. The van der Waals surface area contributed by atoms with Gasteiger partial charge in [-0.15, -0.1) is 0 Å². The number of aliphatic hydroxyl groups is 1. The van der Waals surface area contributed by atoms with E-state index in [2.05, 4.69) is 9.80 Å². The second kappa shape index (κ2) is 11.1. The Morgan fingerprint density at radius 1 is 1.00 bits per heavy atom. The minimum Gasteiger partial charge on any atom is -0.392 e. The van der Waals surface area contributed by atoms with Crippen molar-refractivity contribution >= 4 is 0 Å². The molecule has 0 spiro atoms. The molecule has 0 aromatic heterocycles. The Morgan fingerprint density at radius 2 is 1.59 bits per heavy atom. The average molecular weight is 385 g/mol. The van der Waals surface area contributed by atoms with E-state index in [1.54, 1.807) is 7.11 Å². The minimum atomic E-state index is -0.266. The Morgan fingerprint density at radius 3 is 2.15 bits per heavy atom. The molecule has 2 aliphatic heterocycles. The summed E-state index contributed by atoms with van der Waals surface area (Å²) >= 11 is 0. The first-order chi connectivity index (χ1) is 13.1. The van der Waals surface area contributed by atoms with E-state index >= 15 is 0 Å². The molecular formula is C21H40N2O4. The Kier molecular flexibility index (Phi) is 8.81. The van der Waals surface area contributed by atoms with Gasteiger partial charge < -0.3 is 24.2 Å². The van der Waals surface area contributed by atoms with Crippen molar-refractivity contribution in [2.45, 2.75) is 57.3 Å². The number of hydrogen-bond donors (Lipinski definition) is 1. The maximum atomic E-state index is 9.84. The summed E-state index contributed by atoms with van der Waals surface area (Å²) in [6.45, 7) is 10.8. The van der Waals surface area contributed by atoms with E-state index in [4.69, 9.17) is 14.2 Å². The molecule has 0 radical (unpaired) electrons. The Balaban J connectivity index is 1.44. The first-order valence-corrected chi connectivity index (χ1v) is 11.0. The van der Waals surface area contributed by atoms with Crippen molar-refractivity contribution in [1.82, 2.24) is 9.80 Å². The fourth-order valence-electron chi connectivity index (χ4n) is 4.67. The van der Waals surface area contributed by atoms with Crippen LogP contribution in [0.5, 0.6) is 0 Å². The zero-order chi connectivity index (χ0) is 19.1. The molecule has 27 heavy (non-hydrogen) atoms. The highest BCUT2D eigenvalue weighted by Crippen LogP contribution is 2.31. The van der Waals surface area contributed by atoms with Crippen LogP contribution in [-0.4, -0.2) is 99.4 Å². The van der Waals surface area contributed by atoms with Crippen molar-refractivity contribution in [3.05, 3.63) is 0 Å². The molecule has 0 aromatic rings. The first kappa shape index (κ1) is 21.5. The summed E-state index contributed by atoms with van der Waals surface area (Å²) in [7, 11) is 1.78. The number of hydrogen-bond acceptors (Lipinski definition) is 6. The van der Waals surface area contributed by atoms with E-state index in [-0.39, 0.29) is 6.10 Å². The summed E-state index contributed by atoms with van der Waals surface area (Å²) in [5, 5.41) is 9.84. The van der Waals surface area contributed by atoms with Crippen molar-refractivity contribution < 1.29 is 19.3 Å². The van der Waals surface area contributed by atoms with E-state index in [9.17, 15) is 5.11 Å². The highest BCUT2D eigenvalue weighted by Gasteiger charge is 2.31. The number of ether oxygens (including phenoxy) is 3. The van der Waals surface area contributed by atoms with Crippen molar-refractivity contribution in [1.29, 1.82) is 0 Å². The van der Waals surface area contributed by atoms with Crippen LogP contribution in [0.3, 0.4) is 0 Å². The van der Waals surface area contributed by atoms with Gasteiger partial charge in [-0.25, -0.2) is 0 Å². The van der Waals surface area contributed by atoms with Crippen molar-refractivity contribution in [2.24, 2.45) is 11.8 Å². The fourth-order valence-corrected chi connectivity index (χ4v) is 4.67. The Hall–Kier alpha value is -0.240. The molecule has 6 heteroatoms. The van der Waals surface area contributed by atoms with Crippen LogP contribution in [-0.2, 0) is 14.2 Å². The van der Waals surface area contributed by atoms with E-state index in [0.29, 0.717) is 12.2 Å². The third-order valence-electron chi connectivity index (χ3n) is 6.00. The van der Waals surface area contributed by atoms with Crippen LogP contribution in [0.25, 0.3) is 0 Å². The number of epoxide rings is 2. The van der Waals surface area contributed by atoms with Crippen LogP contribution >= 0.6 is 0 Å². The lowest BCUT2D eigenvalue weighted by atomic mass is 9.80.